The van der Waals surface area contributed by atoms with Crippen LogP contribution in [0.15, 0.2) is 42.5 Å². The molecule has 1 aliphatic heterocycles. The topological polar surface area (TPSA) is 92.8 Å². The van der Waals surface area contributed by atoms with E-state index in [2.05, 4.69) is 5.32 Å². The molecule has 1 saturated heterocycles. The number of hydrogen-bond acceptors (Lipinski definition) is 5. The van der Waals surface area contributed by atoms with Crippen LogP contribution >= 0.6 is 0 Å². The van der Waals surface area contributed by atoms with Crippen molar-refractivity contribution in [3.63, 3.8) is 0 Å². The van der Waals surface area contributed by atoms with Crippen LogP contribution < -0.4 is 5.32 Å². The van der Waals surface area contributed by atoms with E-state index in [0.717, 1.165) is 36.5 Å². The van der Waals surface area contributed by atoms with Crippen molar-refractivity contribution in [3.05, 3.63) is 42.5 Å². The number of anilines is 1. The molecule has 0 radical (unpaired) electrons. The molecule has 7 nitrogen and oxygen atoms in total. The van der Waals surface area contributed by atoms with Gasteiger partial charge in [-0.15, -0.1) is 0 Å². The third-order valence-electron chi connectivity index (χ3n) is 5.90. The number of rotatable bonds is 6. The fourth-order valence-corrected chi connectivity index (χ4v) is 4.39. The molecule has 2 aromatic carbocycles. The van der Waals surface area contributed by atoms with E-state index in [4.69, 9.17) is 4.74 Å². The molecule has 0 spiro atoms. The Morgan fingerprint density at radius 2 is 1.63 bits per heavy atom. The number of imide groups is 1. The predicted molar refractivity (Wildman–Crippen MR) is 110 cm³/mol. The number of esters is 1. The maximum atomic E-state index is 12.4. The monoisotopic (exact) mass is 408 g/mol. The summed E-state index contributed by atoms with van der Waals surface area (Å²) < 4.78 is 5.04. The zero-order valence-corrected chi connectivity index (χ0v) is 16.6. The van der Waals surface area contributed by atoms with Gasteiger partial charge in [0.1, 0.15) is 0 Å². The molecule has 0 bridgehead atoms. The standard InChI is InChI=1S/C23H24N2O5/c26-20(24-19-11-5-7-15-6-1-2-8-16(15)19)14-30-21(27)12-13-25-22(28)17-9-3-4-10-18(17)23(25)29/h1-2,5-8,11,17-18H,3-4,9-10,12-14H2,(H,24,26)/t17-,18-/m1/s1. The van der Waals surface area contributed by atoms with Crippen LogP contribution in [0.2, 0.25) is 0 Å². The molecule has 156 valence electrons. The van der Waals surface area contributed by atoms with E-state index >= 15 is 0 Å². The van der Waals surface area contributed by atoms with E-state index in [1.54, 1.807) is 6.07 Å². The largest absolute Gasteiger partial charge is 0.456 e. The Hall–Kier alpha value is -3.22. The summed E-state index contributed by atoms with van der Waals surface area (Å²) in [5.41, 5.74) is 0.644. The van der Waals surface area contributed by atoms with Crippen LogP contribution in [-0.4, -0.2) is 41.7 Å². The van der Waals surface area contributed by atoms with Gasteiger partial charge in [-0.2, -0.15) is 0 Å². The first-order valence-corrected chi connectivity index (χ1v) is 10.3. The van der Waals surface area contributed by atoms with Crippen molar-refractivity contribution in [1.82, 2.24) is 4.90 Å². The second-order valence-corrected chi connectivity index (χ2v) is 7.81. The number of ether oxygens (including phenoxy) is 1. The maximum Gasteiger partial charge on any atom is 0.308 e. The minimum Gasteiger partial charge on any atom is -0.456 e. The predicted octanol–water partition coefficient (Wildman–Crippen LogP) is 2.89. The molecule has 4 rings (SSSR count). The Morgan fingerprint density at radius 1 is 0.967 bits per heavy atom. The third-order valence-corrected chi connectivity index (χ3v) is 5.90. The second-order valence-electron chi connectivity index (χ2n) is 7.81. The van der Waals surface area contributed by atoms with Gasteiger partial charge in [-0.05, 0) is 24.3 Å². The van der Waals surface area contributed by atoms with E-state index in [9.17, 15) is 19.2 Å². The number of carbonyl (C=O) groups is 4. The number of benzene rings is 2. The molecular weight excluding hydrogens is 384 g/mol. The fraction of sp³-hybridized carbons (Fsp3) is 0.391. The number of carbonyl (C=O) groups excluding carboxylic acids is 4. The van der Waals surface area contributed by atoms with Crippen LogP contribution in [0.25, 0.3) is 10.8 Å². The summed E-state index contributed by atoms with van der Waals surface area (Å²) in [5.74, 6) is -1.86. The van der Waals surface area contributed by atoms with Gasteiger partial charge < -0.3 is 10.1 Å². The summed E-state index contributed by atoms with van der Waals surface area (Å²) in [6.45, 7) is -0.413. The Balaban J connectivity index is 1.26. The lowest BCUT2D eigenvalue weighted by molar-refractivity contribution is -0.148. The minimum absolute atomic E-state index is 0.00837. The highest BCUT2D eigenvalue weighted by atomic mass is 16.5. The highest BCUT2D eigenvalue weighted by Gasteiger charge is 2.47. The highest BCUT2D eigenvalue weighted by molar-refractivity contribution is 6.05. The van der Waals surface area contributed by atoms with Gasteiger partial charge in [-0.3, -0.25) is 24.1 Å². The average molecular weight is 408 g/mol. The molecular formula is C23H24N2O5. The molecule has 7 heteroatoms. The molecule has 0 aromatic heterocycles. The molecule has 3 amide bonds. The highest BCUT2D eigenvalue weighted by Crippen LogP contribution is 2.38. The summed E-state index contributed by atoms with van der Waals surface area (Å²) in [6, 6.07) is 13.2. The van der Waals surface area contributed by atoms with Crippen LogP contribution in [0, 0.1) is 11.8 Å². The summed E-state index contributed by atoms with van der Waals surface area (Å²) in [6.07, 6.45) is 3.29. The fourth-order valence-electron chi connectivity index (χ4n) is 4.39. The first-order chi connectivity index (χ1) is 14.5. The van der Waals surface area contributed by atoms with Crippen molar-refractivity contribution in [3.8, 4) is 0 Å². The Labute approximate surface area is 174 Å². The zero-order chi connectivity index (χ0) is 21.1. The molecule has 0 unspecified atom stereocenters. The Kier molecular flexibility index (Phi) is 5.79. The average Bonchev–Trinajstić information content (AvgIpc) is 3.01. The van der Waals surface area contributed by atoms with Gasteiger partial charge >= 0.3 is 5.97 Å². The summed E-state index contributed by atoms with van der Waals surface area (Å²) in [4.78, 5) is 50.3. The van der Waals surface area contributed by atoms with Gasteiger partial charge in [0, 0.05) is 17.6 Å². The van der Waals surface area contributed by atoms with E-state index in [0.29, 0.717) is 5.69 Å². The molecule has 1 N–H and O–H groups in total. The first-order valence-electron chi connectivity index (χ1n) is 10.3. The van der Waals surface area contributed by atoms with Crippen LogP contribution in [-0.2, 0) is 23.9 Å². The van der Waals surface area contributed by atoms with Gasteiger partial charge in [-0.25, -0.2) is 0 Å². The summed E-state index contributed by atoms with van der Waals surface area (Å²) in [5, 5.41) is 4.64. The molecule has 2 aliphatic rings. The number of nitrogens with zero attached hydrogens (tertiary/aromatic N) is 1. The van der Waals surface area contributed by atoms with Gasteiger partial charge in [0.05, 0.1) is 18.3 Å². The second kappa shape index (κ2) is 8.65. The van der Waals surface area contributed by atoms with Crippen molar-refractivity contribution in [2.24, 2.45) is 11.8 Å². The molecule has 2 fully saturated rings. The van der Waals surface area contributed by atoms with Crippen LogP contribution in [0.5, 0.6) is 0 Å². The van der Waals surface area contributed by atoms with Crippen LogP contribution in [0.1, 0.15) is 32.1 Å². The Morgan fingerprint density at radius 3 is 2.37 bits per heavy atom. The van der Waals surface area contributed by atoms with Crippen molar-refractivity contribution in [1.29, 1.82) is 0 Å². The quantitative estimate of drug-likeness (QED) is 0.586. The SMILES string of the molecule is O=C(COC(=O)CCN1C(=O)[C@@H]2CCCC[C@H]2C1=O)Nc1cccc2ccccc12. The molecule has 1 heterocycles. The Bertz CT molecular complexity index is 973. The van der Waals surface area contributed by atoms with Crippen molar-refractivity contribution in [2.45, 2.75) is 32.1 Å². The molecule has 1 saturated carbocycles. The summed E-state index contributed by atoms with van der Waals surface area (Å²) >= 11 is 0. The van der Waals surface area contributed by atoms with Gasteiger partial charge in [-0.1, -0.05) is 49.2 Å². The summed E-state index contributed by atoms with van der Waals surface area (Å²) in [7, 11) is 0. The molecule has 1 aliphatic carbocycles. The minimum atomic E-state index is -0.612. The smallest absolute Gasteiger partial charge is 0.308 e. The zero-order valence-electron chi connectivity index (χ0n) is 16.6. The number of nitrogens with one attached hydrogen (secondary N) is 1. The first kappa shape index (κ1) is 20.1. The molecule has 30 heavy (non-hydrogen) atoms. The molecule has 2 atom stereocenters. The van der Waals surface area contributed by atoms with Crippen molar-refractivity contribution in [2.75, 3.05) is 18.5 Å². The maximum absolute atomic E-state index is 12.4. The van der Waals surface area contributed by atoms with Gasteiger partial charge in [0.25, 0.3) is 5.91 Å². The lowest BCUT2D eigenvalue weighted by Gasteiger charge is -2.19. The van der Waals surface area contributed by atoms with Crippen molar-refractivity contribution < 1.29 is 23.9 Å². The van der Waals surface area contributed by atoms with Crippen LogP contribution in [0.4, 0.5) is 5.69 Å². The number of likely N-dealkylation sites (tertiary alicyclic amines) is 1. The number of fused-ring (bicyclic) bond motifs is 2. The van der Waals surface area contributed by atoms with Gasteiger partial charge in [0.15, 0.2) is 6.61 Å². The van der Waals surface area contributed by atoms with E-state index in [1.165, 1.54) is 4.90 Å². The lowest BCUT2D eigenvalue weighted by Crippen LogP contribution is -2.33. The number of amides is 3. The van der Waals surface area contributed by atoms with Crippen molar-refractivity contribution >= 4 is 40.2 Å². The lowest BCUT2D eigenvalue weighted by atomic mass is 9.81. The van der Waals surface area contributed by atoms with E-state index in [1.807, 2.05) is 36.4 Å². The molecule has 2 aromatic rings. The number of hydrogen-bond donors (Lipinski definition) is 1. The van der Waals surface area contributed by atoms with E-state index in [-0.39, 0.29) is 36.6 Å². The normalized spacial score (nSPS) is 20.9. The van der Waals surface area contributed by atoms with Gasteiger partial charge in [0.2, 0.25) is 11.8 Å². The van der Waals surface area contributed by atoms with E-state index < -0.39 is 18.5 Å². The van der Waals surface area contributed by atoms with Crippen LogP contribution in [0.3, 0.4) is 0 Å². The third kappa shape index (κ3) is 4.06.